The number of rotatable bonds is 4. The summed E-state index contributed by atoms with van der Waals surface area (Å²) in [6.07, 6.45) is 1.13. The van der Waals surface area contributed by atoms with E-state index in [2.05, 4.69) is 31.0 Å². The van der Waals surface area contributed by atoms with Gasteiger partial charge in [-0.15, -0.1) is 0 Å². The number of benzene rings is 1. The molecule has 2 amide bonds. The van der Waals surface area contributed by atoms with Gasteiger partial charge in [0.1, 0.15) is 12.2 Å². The van der Waals surface area contributed by atoms with Crippen LogP contribution in [-0.2, 0) is 16.0 Å². The van der Waals surface area contributed by atoms with Gasteiger partial charge in [0, 0.05) is 32.0 Å². The summed E-state index contributed by atoms with van der Waals surface area (Å²) in [5.74, 6) is 6.84. The van der Waals surface area contributed by atoms with E-state index in [1.807, 2.05) is 18.2 Å². The topological polar surface area (TPSA) is 67.9 Å². The first-order chi connectivity index (χ1) is 12.4. The molecule has 0 spiro atoms. The summed E-state index contributed by atoms with van der Waals surface area (Å²) in [7, 11) is 1.71. The summed E-state index contributed by atoms with van der Waals surface area (Å²) < 4.78 is 11.7. The lowest BCUT2D eigenvalue weighted by atomic mass is 10.0. The normalized spacial score (nSPS) is 20.0. The molecule has 1 aromatic rings. The maximum absolute atomic E-state index is 12.0. The number of nitrogens with zero attached hydrogens (tertiary/aromatic N) is 1. The van der Waals surface area contributed by atoms with Crippen molar-refractivity contribution >= 4 is 11.8 Å². The van der Waals surface area contributed by atoms with Crippen LogP contribution in [0.25, 0.3) is 0 Å². The molecule has 1 atom stereocenters. The van der Waals surface area contributed by atoms with Crippen LogP contribution in [0.4, 0.5) is 0 Å². The minimum absolute atomic E-state index is 0.00502. The number of amides is 2. The van der Waals surface area contributed by atoms with E-state index in [0.29, 0.717) is 12.3 Å². The number of hydrogen-bond acceptors (Lipinski definition) is 4. The molecule has 6 nitrogen and oxygen atoms in total. The van der Waals surface area contributed by atoms with Crippen LogP contribution in [0.15, 0.2) is 18.2 Å². The van der Waals surface area contributed by atoms with Gasteiger partial charge in [0.25, 0.3) is 0 Å². The minimum atomic E-state index is -0.280. The van der Waals surface area contributed by atoms with Crippen LogP contribution in [0.1, 0.15) is 25.8 Å². The highest BCUT2D eigenvalue weighted by Gasteiger charge is 2.32. The van der Waals surface area contributed by atoms with Gasteiger partial charge in [0.2, 0.25) is 11.8 Å². The molecule has 2 heterocycles. The first kappa shape index (κ1) is 18.1. The van der Waals surface area contributed by atoms with Crippen LogP contribution >= 0.6 is 0 Å². The number of carbonyl (C=O) groups is 2. The molecule has 1 saturated heterocycles. The molecule has 138 valence electrons. The Kier molecular flexibility index (Phi) is 5.08. The van der Waals surface area contributed by atoms with E-state index in [9.17, 15) is 9.59 Å². The van der Waals surface area contributed by atoms with E-state index >= 15 is 0 Å². The van der Waals surface area contributed by atoms with Crippen molar-refractivity contribution < 1.29 is 19.1 Å². The lowest BCUT2D eigenvalue weighted by Gasteiger charge is -2.17. The molecular weight excluding hydrogens is 332 g/mol. The second-order valence-corrected chi connectivity index (χ2v) is 7.32. The average molecular weight is 356 g/mol. The average Bonchev–Trinajstić information content (AvgIpc) is 3.08. The van der Waals surface area contributed by atoms with Crippen molar-refractivity contribution in [1.82, 2.24) is 10.2 Å². The quantitative estimate of drug-likeness (QED) is 0.828. The van der Waals surface area contributed by atoms with E-state index in [-0.39, 0.29) is 42.9 Å². The number of ether oxygens (including phenoxy) is 2. The largest absolute Gasteiger partial charge is 0.483 e. The highest BCUT2D eigenvalue weighted by atomic mass is 16.5. The van der Waals surface area contributed by atoms with E-state index < -0.39 is 0 Å². The van der Waals surface area contributed by atoms with Crippen LogP contribution in [0.3, 0.4) is 0 Å². The standard InChI is InChI=1S/C20H24N2O4/c1-20(2)12-14-7-6-8-16(18(14)26-20)25-10-5-4-9-21-19(24)15-11-17(23)22(3)13-15/h6-8,15H,9-13H2,1-3H3,(H,21,24). The first-order valence-electron chi connectivity index (χ1n) is 8.77. The van der Waals surface area contributed by atoms with Gasteiger partial charge in [-0.25, -0.2) is 0 Å². The smallest absolute Gasteiger partial charge is 0.226 e. The molecule has 26 heavy (non-hydrogen) atoms. The van der Waals surface area contributed by atoms with Gasteiger partial charge in [-0.1, -0.05) is 24.0 Å². The Bertz CT molecular complexity index is 776. The van der Waals surface area contributed by atoms with Crippen molar-refractivity contribution in [2.45, 2.75) is 32.3 Å². The molecule has 0 radical (unpaired) electrons. The van der Waals surface area contributed by atoms with Crippen molar-refractivity contribution in [3.8, 4) is 23.3 Å². The highest BCUT2D eigenvalue weighted by molar-refractivity contribution is 5.89. The van der Waals surface area contributed by atoms with Crippen LogP contribution in [0.5, 0.6) is 11.5 Å². The van der Waals surface area contributed by atoms with Crippen molar-refractivity contribution in [1.29, 1.82) is 0 Å². The number of para-hydroxylation sites is 1. The zero-order valence-electron chi connectivity index (χ0n) is 15.4. The number of hydrogen-bond donors (Lipinski definition) is 1. The van der Waals surface area contributed by atoms with Gasteiger partial charge in [-0.3, -0.25) is 9.59 Å². The van der Waals surface area contributed by atoms with Crippen LogP contribution in [-0.4, -0.2) is 49.1 Å². The molecule has 3 rings (SSSR count). The van der Waals surface area contributed by atoms with Crippen LogP contribution < -0.4 is 14.8 Å². The fraction of sp³-hybridized carbons (Fsp3) is 0.500. The van der Waals surface area contributed by atoms with Crippen molar-refractivity contribution in [3.05, 3.63) is 23.8 Å². The summed E-state index contributed by atoms with van der Waals surface area (Å²) in [5, 5.41) is 2.75. The second-order valence-electron chi connectivity index (χ2n) is 7.32. The number of fused-ring (bicyclic) bond motifs is 1. The van der Waals surface area contributed by atoms with Gasteiger partial charge in [0.15, 0.2) is 11.5 Å². The SMILES string of the molecule is CN1CC(C(=O)NCC#CCOc2cccc3c2OC(C)(C)C3)CC1=O. The molecule has 2 aliphatic heterocycles. The van der Waals surface area contributed by atoms with Crippen molar-refractivity contribution in [2.75, 3.05) is 26.7 Å². The van der Waals surface area contributed by atoms with E-state index in [1.54, 1.807) is 11.9 Å². The number of carbonyl (C=O) groups excluding carboxylic acids is 2. The van der Waals surface area contributed by atoms with Gasteiger partial charge < -0.3 is 19.7 Å². The zero-order chi connectivity index (χ0) is 18.7. The van der Waals surface area contributed by atoms with E-state index in [4.69, 9.17) is 9.47 Å². The van der Waals surface area contributed by atoms with Crippen molar-refractivity contribution in [3.63, 3.8) is 0 Å². The Labute approximate surface area is 153 Å². The third-order valence-electron chi connectivity index (χ3n) is 4.54. The Hall–Kier alpha value is -2.68. The maximum atomic E-state index is 12.0. The third kappa shape index (κ3) is 4.10. The predicted octanol–water partition coefficient (Wildman–Crippen LogP) is 1.38. The molecule has 1 unspecified atom stereocenters. The lowest BCUT2D eigenvalue weighted by Crippen LogP contribution is -2.32. The van der Waals surface area contributed by atoms with Crippen LogP contribution in [0.2, 0.25) is 0 Å². The summed E-state index contributed by atoms with van der Waals surface area (Å²) in [6.45, 7) is 5.04. The molecule has 1 fully saturated rings. The minimum Gasteiger partial charge on any atom is -0.483 e. The number of nitrogens with one attached hydrogen (secondary N) is 1. The monoisotopic (exact) mass is 356 g/mol. The third-order valence-corrected chi connectivity index (χ3v) is 4.54. The molecule has 2 aliphatic rings. The summed E-state index contributed by atoms with van der Waals surface area (Å²) in [6, 6.07) is 5.87. The molecule has 6 heteroatoms. The Morgan fingerprint density at radius 2 is 2.23 bits per heavy atom. The fourth-order valence-electron chi connectivity index (χ4n) is 3.24. The summed E-state index contributed by atoms with van der Waals surface area (Å²) in [5.41, 5.74) is 0.928. The zero-order valence-corrected chi connectivity index (χ0v) is 15.4. The van der Waals surface area contributed by atoms with Gasteiger partial charge in [-0.2, -0.15) is 0 Å². The highest BCUT2D eigenvalue weighted by Crippen LogP contribution is 2.41. The fourth-order valence-corrected chi connectivity index (χ4v) is 3.24. The lowest BCUT2D eigenvalue weighted by molar-refractivity contribution is -0.128. The Morgan fingerprint density at radius 3 is 2.96 bits per heavy atom. The summed E-state index contributed by atoms with van der Waals surface area (Å²) >= 11 is 0. The van der Waals surface area contributed by atoms with Gasteiger partial charge in [-0.05, 0) is 19.9 Å². The predicted molar refractivity (Wildman–Crippen MR) is 96.9 cm³/mol. The molecule has 0 aromatic heterocycles. The molecule has 1 N–H and O–H groups in total. The first-order valence-corrected chi connectivity index (χ1v) is 8.77. The Balaban J connectivity index is 1.44. The van der Waals surface area contributed by atoms with E-state index in [1.165, 1.54) is 0 Å². The molecular formula is C20H24N2O4. The van der Waals surface area contributed by atoms with Gasteiger partial charge >= 0.3 is 0 Å². The maximum Gasteiger partial charge on any atom is 0.226 e. The van der Waals surface area contributed by atoms with Crippen LogP contribution in [0, 0.1) is 17.8 Å². The van der Waals surface area contributed by atoms with Gasteiger partial charge in [0.05, 0.1) is 12.5 Å². The molecule has 0 aliphatic carbocycles. The molecule has 1 aromatic carbocycles. The van der Waals surface area contributed by atoms with Crippen molar-refractivity contribution in [2.24, 2.45) is 5.92 Å². The second kappa shape index (κ2) is 7.28. The number of likely N-dealkylation sites (tertiary alicyclic amines) is 1. The van der Waals surface area contributed by atoms with E-state index in [0.717, 1.165) is 17.7 Å². The molecule has 0 bridgehead atoms. The Morgan fingerprint density at radius 1 is 1.42 bits per heavy atom. The summed E-state index contributed by atoms with van der Waals surface area (Å²) in [4.78, 5) is 25.0. The molecule has 0 saturated carbocycles.